The van der Waals surface area contributed by atoms with Crippen molar-refractivity contribution in [3.63, 3.8) is 0 Å². The zero-order chi connectivity index (χ0) is 14.7. The van der Waals surface area contributed by atoms with E-state index in [4.69, 9.17) is 11.6 Å². The maximum atomic E-state index is 6.67. The highest BCUT2D eigenvalue weighted by Crippen LogP contribution is 2.32. The second-order valence-electron chi connectivity index (χ2n) is 6.84. The van der Waals surface area contributed by atoms with Crippen molar-refractivity contribution in [1.29, 1.82) is 0 Å². The lowest BCUT2D eigenvalue weighted by atomic mass is 9.95. The molecule has 0 spiro atoms. The van der Waals surface area contributed by atoms with Crippen LogP contribution in [0.15, 0.2) is 30.6 Å². The van der Waals surface area contributed by atoms with Crippen molar-refractivity contribution in [2.45, 2.75) is 43.9 Å². The molecule has 1 saturated carbocycles. The van der Waals surface area contributed by atoms with Crippen LogP contribution in [-0.2, 0) is 0 Å². The van der Waals surface area contributed by atoms with Crippen LogP contribution in [0, 0.1) is 5.92 Å². The monoisotopic (exact) mass is 304 g/mol. The van der Waals surface area contributed by atoms with Crippen LogP contribution in [0.25, 0.3) is 5.57 Å². The Labute approximate surface area is 133 Å². The molecule has 1 aliphatic carbocycles. The minimum absolute atomic E-state index is 0.265. The van der Waals surface area contributed by atoms with Crippen LogP contribution in [0.4, 0.5) is 0 Å². The van der Waals surface area contributed by atoms with Gasteiger partial charge in [0.25, 0.3) is 0 Å². The third-order valence-electron chi connectivity index (χ3n) is 4.76. The number of hydrogen-bond donors (Lipinski definition) is 0. The SMILES string of the molecule is CC1(Cl)C=C(c2cccnc2)CN(CCC2CCCC2)C1. The van der Waals surface area contributed by atoms with E-state index in [1.165, 1.54) is 49.8 Å². The first-order valence-corrected chi connectivity index (χ1v) is 8.54. The molecule has 2 nitrogen and oxygen atoms in total. The van der Waals surface area contributed by atoms with Gasteiger partial charge in [-0.15, -0.1) is 11.6 Å². The van der Waals surface area contributed by atoms with Crippen molar-refractivity contribution in [3.05, 3.63) is 36.2 Å². The Balaban J connectivity index is 1.66. The van der Waals surface area contributed by atoms with Gasteiger partial charge in [-0.2, -0.15) is 0 Å². The number of alkyl halides is 1. The summed E-state index contributed by atoms with van der Waals surface area (Å²) < 4.78 is 0. The number of halogens is 1. The van der Waals surface area contributed by atoms with Gasteiger partial charge in [0.1, 0.15) is 0 Å². The van der Waals surface area contributed by atoms with E-state index in [0.29, 0.717) is 0 Å². The number of aromatic nitrogens is 1. The molecule has 1 unspecified atom stereocenters. The molecular weight excluding hydrogens is 280 g/mol. The minimum atomic E-state index is -0.265. The summed E-state index contributed by atoms with van der Waals surface area (Å²) in [6.45, 7) is 5.24. The molecule has 0 N–H and O–H groups in total. The first-order valence-electron chi connectivity index (χ1n) is 8.16. The second-order valence-corrected chi connectivity index (χ2v) is 7.70. The van der Waals surface area contributed by atoms with E-state index >= 15 is 0 Å². The summed E-state index contributed by atoms with van der Waals surface area (Å²) in [4.78, 5) is 6.50. The van der Waals surface area contributed by atoms with Crippen molar-refractivity contribution >= 4 is 17.2 Å². The molecule has 1 fully saturated rings. The van der Waals surface area contributed by atoms with Gasteiger partial charge in [0.2, 0.25) is 0 Å². The molecule has 3 heteroatoms. The molecule has 0 aromatic carbocycles. The highest BCUT2D eigenvalue weighted by Gasteiger charge is 2.29. The van der Waals surface area contributed by atoms with Gasteiger partial charge >= 0.3 is 0 Å². The van der Waals surface area contributed by atoms with Crippen molar-refractivity contribution in [2.24, 2.45) is 5.92 Å². The van der Waals surface area contributed by atoms with Crippen LogP contribution in [0.1, 0.15) is 44.6 Å². The second kappa shape index (κ2) is 6.50. The normalized spacial score (nSPS) is 27.8. The third kappa shape index (κ3) is 4.08. The highest BCUT2D eigenvalue weighted by atomic mass is 35.5. The van der Waals surface area contributed by atoms with E-state index in [9.17, 15) is 0 Å². The van der Waals surface area contributed by atoms with Gasteiger partial charge in [0.15, 0.2) is 0 Å². The van der Waals surface area contributed by atoms with Gasteiger partial charge in [-0.05, 0) is 43.0 Å². The fraction of sp³-hybridized carbons (Fsp3) is 0.611. The number of rotatable bonds is 4. The zero-order valence-corrected chi connectivity index (χ0v) is 13.6. The lowest BCUT2D eigenvalue weighted by Crippen LogP contribution is -2.42. The van der Waals surface area contributed by atoms with Crippen LogP contribution >= 0.6 is 11.6 Å². The van der Waals surface area contributed by atoms with E-state index in [2.05, 4.69) is 29.0 Å². The maximum absolute atomic E-state index is 6.67. The average Bonchev–Trinajstić information content (AvgIpc) is 2.98. The topological polar surface area (TPSA) is 16.1 Å². The third-order valence-corrected chi connectivity index (χ3v) is 4.99. The van der Waals surface area contributed by atoms with Crippen LogP contribution in [0.2, 0.25) is 0 Å². The quantitative estimate of drug-likeness (QED) is 0.768. The summed E-state index contributed by atoms with van der Waals surface area (Å²) in [5, 5.41) is 0. The molecule has 1 atom stereocenters. The molecule has 0 radical (unpaired) electrons. The fourth-order valence-corrected chi connectivity index (χ4v) is 4.04. The molecular formula is C18H25ClN2. The lowest BCUT2D eigenvalue weighted by molar-refractivity contribution is 0.258. The average molecular weight is 305 g/mol. The predicted octanol–water partition coefficient (Wildman–Crippen LogP) is 4.36. The number of hydrogen-bond acceptors (Lipinski definition) is 2. The molecule has 0 bridgehead atoms. The van der Waals surface area contributed by atoms with Crippen molar-refractivity contribution in [3.8, 4) is 0 Å². The molecule has 1 aromatic heterocycles. The standard InChI is InChI=1S/C18H25ClN2/c1-18(19)11-17(16-7-4-9-20-12-16)13-21(14-18)10-8-15-5-2-3-6-15/h4,7,9,11-12,15H,2-3,5-6,8,10,13-14H2,1H3. The molecule has 1 aromatic rings. The summed E-state index contributed by atoms with van der Waals surface area (Å²) in [5.74, 6) is 0.944. The van der Waals surface area contributed by atoms with Gasteiger partial charge < -0.3 is 0 Å². The van der Waals surface area contributed by atoms with E-state index in [-0.39, 0.29) is 4.87 Å². The molecule has 114 valence electrons. The Bertz CT molecular complexity index is 489. The van der Waals surface area contributed by atoms with Crippen LogP contribution in [0.3, 0.4) is 0 Å². The van der Waals surface area contributed by atoms with Gasteiger partial charge in [0, 0.05) is 25.5 Å². The molecule has 0 saturated heterocycles. The molecule has 3 rings (SSSR count). The van der Waals surface area contributed by atoms with Crippen LogP contribution < -0.4 is 0 Å². The molecule has 2 heterocycles. The van der Waals surface area contributed by atoms with Crippen LogP contribution in [0.5, 0.6) is 0 Å². The Kier molecular flexibility index (Phi) is 4.66. The van der Waals surface area contributed by atoms with Crippen LogP contribution in [-0.4, -0.2) is 34.4 Å². The number of pyridine rings is 1. The molecule has 0 amide bonds. The molecule has 1 aliphatic heterocycles. The first kappa shape index (κ1) is 15.1. The van der Waals surface area contributed by atoms with Crippen molar-refractivity contribution < 1.29 is 0 Å². The summed E-state index contributed by atoms with van der Waals surface area (Å²) >= 11 is 6.67. The van der Waals surface area contributed by atoms with E-state index in [0.717, 1.165) is 19.0 Å². The minimum Gasteiger partial charge on any atom is -0.297 e. The largest absolute Gasteiger partial charge is 0.297 e. The van der Waals surface area contributed by atoms with E-state index in [1.54, 1.807) is 0 Å². The Morgan fingerprint density at radius 2 is 2.19 bits per heavy atom. The van der Waals surface area contributed by atoms with Gasteiger partial charge in [0.05, 0.1) is 4.87 Å². The van der Waals surface area contributed by atoms with Crippen molar-refractivity contribution in [1.82, 2.24) is 9.88 Å². The summed E-state index contributed by atoms with van der Waals surface area (Å²) in [6.07, 6.45) is 13.0. The van der Waals surface area contributed by atoms with E-state index < -0.39 is 0 Å². The van der Waals surface area contributed by atoms with Crippen molar-refractivity contribution in [2.75, 3.05) is 19.6 Å². The number of nitrogens with zero attached hydrogens (tertiary/aromatic N) is 2. The zero-order valence-electron chi connectivity index (χ0n) is 12.9. The predicted molar refractivity (Wildman–Crippen MR) is 89.5 cm³/mol. The summed E-state index contributed by atoms with van der Waals surface area (Å²) in [6, 6.07) is 4.13. The summed E-state index contributed by atoms with van der Waals surface area (Å²) in [5.41, 5.74) is 2.52. The Morgan fingerprint density at radius 3 is 2.90 bits per heavy atom. The maximum Gasteiger partial charge on any atom is 0.0730 e. The Morgan fingerprint density at radius 1 is 1.38 bits per heavy atom. The smallest absolute Gasteiger partial charge is 0.0730 e. The fourth-order valence-electron chi connectivity index (χ4n) is 3.74. The highest BCUT2D eigenvalue weighted by molar-refractivity contribution is 6.25. The van der Waals surface area contributed by atoms with Gasteiger partial charge in [-0.25, -0.2) is 0 Å². The summed E-state index contributed by atoms with van der Waals surface area (Å²) in [7, 11) is 0. The van der Waals surface area contributed by atoms with E-state index in [1.807, 2.05) is 18.5 Å². The molecule has 21 heavy (non-hydrogen) atoms. The molecule has 2 aliphatic rings. The first-order chi connectivity index (χ1) is 10.1. The Hall–Kier alpha value is -0.860. The van der Waals surface area contributed by atoms with Gasteiger partial charge in [-0.3, -0.25) is 9.88 Å². The lowest BCUT2D eigenvalue weighted by Gasteiger charge is -2.36. The van der Waals surface area contributed by atoms with Gasteiger partial charge in [-0.1, -0.05) is 37.8 Å².